The molecule has 1 atom stereocenters. The largest absolute Gasteiger partial charge is 0.494 e. The second-order valence-electron chi connectivity index (χ2n) is 4.62. The van der Waals surface area contributed by atoms with Crippen LogP contribution in [0.25, 0.3) is 0 Å². The molecule has 0 aliphatic heterocycles. The highest BCUT2D eigenvalue weighted by Crippen LogP contribution is 2.20. The van der Waals surface area contributed by atoms with E-state index in [9.17, 15) is 4.79 Å². The Hall–Kier alpha value is -1.59. The average Bonchev–Trinajstić information content (AvgIpc) is 2.44. The number of ether oxygens (including phenoxy) is 2. The first-order chi connectivity index (χ1) is 9.60. The van der Waals surface area contributed by atoms with Gasteiger partial charge >= 0.3 is 0 Å². The van der Waals surface area contributed by atoms with Crippen molar-refractivity contribution in [2.45, 2.75) is 32.9 Å². The molecule has 3 N–H and O–H groups in total. The molecule has 0 saturated heterocycles. The van der Waals surface area contributed by atoms with Crippen molar-refractivity contribution in [3.8, 4) is 5.75 Å². The molecule has 0 aliphatic carbocycles. The standard InChI is InChI=1S/C15H24N2O3/c1-4-20-14-7-11(2)5-6-12(14)10-17-15(18)8-13(9-16)19-3/h5-7,13H,4,8-10,16H2,1-3H3,(H,17,18). The van der Waals surface area contributed by atoms with Gasteiger partial charge in [0.05, 0.1) is 19.1 Å². The zero-order chi connectivity index (χ0) is 15.0. The van der Waals surface area contributed by atoms with Crippen LogP contribution in [0.5, 0.6) is 5.75 Å². The summed E-state index contributed by atoms with van der Waals surface area (Å²) in [6.45, 7) is 5.32. The maximum Gasteiger partial charge on any atom is 0.222 e. The molecule has 0 aromatic heterocycles. The van der Waals surface area contributed by atoms with Gasteiger partial charge in [-0.2, -0.15) is 0 Å². The number of rotatable bonds is 8. The fourth-order valence-electron chi connectivity index (χ4n) is 1.83. The summed E-state index contributed by atoms with van der Waals surface area (Å²) in [6, 6.07) is 5.95. The Morgan fingerprint density at radius 1 is 1.45 bits per heavy atom. The molecule has 1 aromatic rings. The third kappa shape index (κ3) is 5.19. The molecule has 0 bridgehead atoms. The molecule has 0 saturated carbocycles. The summed E-state index contributed by atoms with van der Waals surface area (Å²) in [7, 11) is 1.55. The number of amides is 1. The fraction of sp³-hybridized carbons (Fsp3) is 0.533. The summed E-state index contributed by atoms with van der Waals surface area (Å²) in [6.07, 6.45) is 0.0300. The molecule has 20 heavy (non-hydrogen) atoms. The van der Waals surface area contributed by atoms with E-state index in [-0.39, 0.29) is 18.4 Å². The Labute approximate surface area is 120 Å². The lowest BCUT2D eigenvalue weighted by molar-refractivity contribution is -0.123. The third-order valence-corrected chi connectivity index (χ3v) is 3.01. The summed E-state index contributed by atoms with van der Waals surface area (Å²) >= 11 is 0. The van der Waals surface area contributed by atoms with Crippen LogP contribution in [0.1, 0.15) is 24.5 Å². The van der Waals surface area contributed by atoms with Crippen LogP contribution >= 0.6 is 0 Å². The Morgan fingerprint density at radius 3 is 2.80 bits per heavy atom. The van der Waals surface area contributed by atoms with Gasteiger partial charge in [-0.3, -0.25) is 4.79 Å². The van der Waals surface area contributed by atoms with Crippen LogP contribution in [-0.2, 0) is 16.1 Å². The summed E-state index contributed by atoms with van der Waals surface area (Å²) < 4.78 is 10.7. The summed E-state index contributed by atoms with van der Waals surface area (Å²) in [5.41, 5.74) is 7.59. The van der Waals surface area contributed by atoms with Crippen molar-refractivity contribution in [1.29, 1.82) is 0 Å². The molecule has 5 heteroatoms. The normalized spacial score (nSPS) is 12.0. The van der Waals surface area contributed by atoms with E-state index in [0.29, 0.717) is 19.7 Å². The zero-order valence-electron chi connectivity index (χ0n) is 12.4. The third-order valence-electron chi connectivity index (χ3n) is 3.01. The molecule has 5 nitrogen and oxygen atoms in total. The van der Waals surface area contributed by atoms with Crippen LogP contribution in [0.15, 0.2) is 18.2 Å². The minimum atomic E-state index is -0.237. The molecule has 0 radical (unpaired) electrons. The number of hydrogen-bond donors (Lipinski definition) is 2. The van der Waals surface area contributed by atoms with Crippen molar-refractivity contribution >= 4 is 5.91 Å². The van der Waals surface area contributed by atoms with Crippen LogP contribution < -0.4 is 15.8 Å². The van der Waals surface area contributed by atoms with E-state index >= 15 is 0 Å². The minimum absolute atomic E-state index is 0.0784. The Balaban J connectivity index is 2.58. The maximum atomic E-state index is 11.8. The monoisotopic (exact) mass is 280 g/mol. The highest BCUT2D eigenvalue weighted by atomic mass is 16.5. The van der Waals surface area contributed by atoms with E-state index < -0.39 is 0 Å². The molecule has 0 fully saturated rings. The van der Waals surface area contributed by atoms with Crippen molar-refractivity contribution in [2.24, 2.45) is 5.73 Å². The molecule has 1 rings (SSSR count). The van der Waals surface area contributed by atoms with Gasteiger partial charge in [0.1, 0.15) is 5.75 Å². The number of carbonyl (C=O) groups is 1. The topological polar surface area (TPSA) is 73.6 Å². The van der Waals surface area contributed by atoms with E-state index in [1.54, 1.807) is 7.11 Å². The van der Waals surface area contributed by atoms with Crippen LogP contribution in [0.4, 0.5) is 0 Å². The Morgan fingerprint density at radius 2 is 2.20 bits per heavy atom. The molecule has 0 aliphatic rings. The second-order valence-corrected chi connectivity index (χ2v) is 4.62. The van der Waals surface area contributed by atoms with Gasteiger partial charge in [0.25, 0.3) is 0 Å². The van der Waals surface area contributed by atoms with E-state index in [1.807, 2.05) is 32.0 Å². The molecule has 1 amide bonds. The lowest BCUT2D eigenvalue weighted by atomic mass is 10.1. The van der Waals surface area contributed by atoms with Crippen molar-refractivity contribution < 1.29 is 14.3 Å². The van der Waals surface area contributed by atoms with Gasteiger partial charge in [-0.15, -0.1) is 0 Å². The number of aryl methyl sites for hydroxylation is 1. The molecule has 1 aromatic carbocycles. The van der Waals surface area contributed by atoms with Crippen molar-refractivity contribution in [2.75, 3.05) is 20.3 Å². The number of nitrogens with two attached hydrogens (primary N) is 1. The first kappa shape index (κ1) is 16.5. The zero-order valence-corrected chi connectivity index (χ0v) is 12.4. The van der Waals surface area contributed by atoms with Gasteiger partial charge in [0.15, 0.2) is 0 Å². The van der Waals surface area contributed by atoms with Gasteiger partial charge < -0.3 is 20.5 Å². The molecular weight excluding hydrogens is 256 g/mol. The summed E-state index contributed by atoms with van der Waals surface area (Å²) in [5, 5.41) is 2.86. The highest BCUT2D eigenvalue weighted by Gasteiger charge is 2.12. The quantitative estimate of drug-likeness (QED) is 0.754. The highest BCUT2D eigenvalue weighted by molar-refractivity contribution is 5.76. The van der Waals surface area contributed by atoms with E-state index in [2.05, 4.69) is 5.32 Å². The lowest BCUT2D eigenvalue weighted by Crippen LogP contribution is -2.32. The van der Waals surface area contributed by atoms with Gasteiger partial charge in [0.2, 0.25) is 5.91 Å². The van der Waals surface area contributed by atoms with Crippen molar-refractivity contribution in [3.05, 3.63) is 29.3 Å². The number of hydrogen-bond acceptors (Lipinski definition) is 4. The Kier molecular flexibility index (Phi) is 7.04. The maximum absolute atomic E-state index is 11.8. The van der Waals surface area contributed by atoms with Gasteiger partial charge in [-0.25, -0.2) is 0 Å². The SMILES string of the molecule is CCOc1cc(C)ccc1CNC(=O)CC(CN)OC. The number of carbonyl (C=O) groups excluding carboxylic acids is 1. The second kappa shape index (κ2) is 8.55. The van der Waals surface area contributed by atoms with E-state index in [1.165, 1.54) is 0 Å². The molecule has 112 valence electrons. The Bertz CT molecular complexity index is 431. The first-order valence-corrected chi connectivity index (χ1v) is 6.82. The predicted octanol–water partition coefficient (Wildman–Crippen LogP) is 1.37. The summed E-state index contributed by atoms with van der Waals surface area (Å²) in [5.74, 6) is 0.736. The van der Waals surface area contributed by atoms with Gasteiger partial charge in [0, 0.05) is 25.8 Å². The number of methoxy groups -OCH3 is 1. The molecule has 1 unspecified atom stereocenters. The fourth-order valence-corrected chi connectivity index (χ4v) is 1.83. The first-order valence-electron chi connectivity index (χ1n) is 6.82. The van der Waals surface area contributed by atoms with Crippen LogP contribution in [-0.4, -0.2) is 32.3 Å². The minimum Gasteiger partial charge on any atom is -0.494 e. The molecule has 0 spiro atoms. The smallest absolute Gasteiger partial charge is 0.222 e. The predicted molar refractivity (Wildman–Crippen MR) is 78.7 cm³/mol. The van der Waals surface area contributed by atoms with Crippen LogP contribution in [0, 0.1) is 6.92 Å². The van der Waals surface area contributed by atoms with E-state index in [0.717, 1.165) is 16.9 Å². The van der Waals surface area contributed by atoms with Crippen molar-refractivity contribution in [3.63, 3.8) is 0 Å². The van der Waals surface area contributed by atoms with Crippen LogP contribution in [0.3, 0.4) is 0 Å². The van der Waals surface area contributed by atoms with Crippen LogP contribution in [0.2, 0.25) is 0 Å². The average molecular weight is 280 g/mol. The molecular formula is C15H24N2O3. The molecule has 0 heterocycles. The van der Waals surface area contributed by atoms with E-state index in [4.69, 9.17) is 15.2 Å². The van der Waals surface area contributed by atoms with Crippen molar-refractivity contribution in [1.82, 2.24) is 5.32 Å². The summed E-state index contributed by atoms with van der Waals surface area (Å²) in [4.78, 5) is 11.8. The lowest BCUT2D eigenvalue weighted by Gasteiger charge is -2.14. The van der Waals surface area contributed by atoms with Gasteiger partial charge in [-0.05, 0) is 25.5 Å². The number of benzene rings is 1. The van der Waals surface area contributed by atoms with Gasteiger partial charge in [-0.1, -0.05) is 12.1 Å². The number of nitrogens with one attached hydrogen (secondary N) is 1.